The zero-order chi connectivity index (χ0) is 13.5. The van der Waals surface area contributed by atoms with Gasteiger partial charge in [-0.2, -0.15) is 0 Å². The molecule has 1 atom stereocenters. The highest BCUT2D eigenvalue weighted by Crippen LogP contribution is 2.26. The third-order valence-electron chi connectivity index (χ3n) is 2.44. The molecule has 0 saturated carbocycles. The van der Waals surface area contributed by atoms with Gasteiger partial charge in [0.2, 0.25) is 0 Å². The van der Waals surface area contributed by atoms with Crippen LogP contribution in [0, 0.1) is 0 Å². The van der Waals surface area contributed by atoms with Gasteiger partial charge in [0, 0.05) is 17.8 Å². The Morgan fingerprint density at radius 1 is 1.56 bits per heavy atom. The number of halogens is 1. The number of amides is 1. The molecule has 0 spiro atoms. The minimum absolute atomic E-state index is 0.0583. The van der Waals surface area contributed by atoms with Crippen LogP contribution in [0.4, 0.5) is 5.69 Å². The summed E-state index contributed by atoms with van der Waals surface area (Å²) in [5, 5.41) is 3.29. The summed E-state index contributed by atoms with van der Waals surface area (Å²) in [6, 6.07) is 5.08. The van der Waals surface area contributed by atoms with E-state index in [1.54, 1.807) is 18.2 Å². The molecule has 4 nitrogen and oxygen atoms in total. The van der Waals surface area contributed by atoms with Crippen LogP contribution >= 0.6 is 11.6 Å². The molecule has 3 N–H and O–H groups in total. The maximum absolute atomic E-state index is 11.6. The summed E-state index contributed by atoms with van der Waals surface area (Å²) < 4.78 is 5.33. The van der Waals surface area contributed by atoms with E-state index < -0.39 is 0 Å². The van der Waals surface area contributed by atoms with Gasteiger partial charge < -0.3 is 15.8 Å². The summed E-state index contributed by atoms with van der Waals surface area (Å²) >= 11 is 5.92. The van der Waals surface area contributed by atoms with Crippen LogP contribution in [-0.2, 0) is 4.79 Å². The van der Waals surface area contributed by atoms with Gasteiger partial charge in [0.25, 0.3) is 5.91 Å². The molecule has 1 amide bonds. The number of hydrogen-bond donors (Lipinski definition) is 2. The number of carbonyl (C=O) groups is 1. The highest BCUT2D eigenvalue weighted by atomic mass is 35.5. The number of nitrogens with two attached hydrogens (primary N) is 1. The zero-order valence-corrected chi connectivity index (χ0v) is 11.5. The Hall–Kier alpha value is -1.42. The van der Waals surface area contributed by atoms with Crippen molar-refractivity contribution in [2.75, 3.05) is 12.3 Å². The number of hydrogen-bond acceptors (Lipinski definition) is 3. The van der Waals surface area contributed by atoms with Crippen LogP contribution in [0.2, 0.25) is 5.02 Å². The second kappa shape index (κ2) is 7.11. The van der Waals surface area contributed by atoms with Crippen LogP contribution in [0.1, 0.15) is 26.7 Å². The van der Waals surface area contributed by atoms with Crippen molar-refractivity contribution >= 4 is 23.2 Å². The molecule has 1 aromatic rings. The summed E-state index contributed by atoms with van der Waals surface area (Å²) in [7, 11) is 0. The topological polar surface area (TPSA) is 64.3 Å². The molecular formula is C13H19ClN2O2. The van der Waals surface area contributed by atoms with Gasteiger partial charge in [-0.15, -0.1) is 0 Å². The first-order valence-electron chi connectivity index (χ1n) is 6.00. The molecule has 0 aliphatic carbocycles. The second-order valence-corrected chi connectivity index (χ2v) is 4.64. The molecular weight excluding hydrogens is 252 g/mol. The first-order valence-corrected chi connectivity index (χ1v) is 6.38. The predicted octanol–water partition coefficient (Wildman–Crippen LogP) is 2.61. The summed E-state index contributed by atoms with van der Waals surface area (Å²) in [6.45, 7) is 3.98. The summed E-state index contributed by atoms with van der Waals surface area (Å²) in [4.78, 5) is 11.6. The van der Waals surface area contributed by atoms with E-state index in [1.165, 1.54) is 0 Å². The van der Waals surface area contributed by atoms with Crippen LogP contribution in [-0.4, -0.2) is 18.6 Å². The van der Waals surface area contributed by atoms with Crippen LogP contribution in [0.25, 0.3) is 0 Å². The lowest BCUT2D eigenvalue weighted by Gasteiger charge is -2.13. The zero-order valence-electron chi connectivity index (χ0n) is 10.7. The van der Waals surface area contributed by atoms with Crippen molar-refractivity contribution in [1.29, 1.82) is 0 Å². The molecule has 1 aromatic carbocycles. The Kier molecular flexibility index (Phi) is 5.78. The van der Waals surface area contributed by atoms with Crippen LogP contribution < -0.4 is 15.8 Å². The van der Waals surface area contributed by atoms with Gasteiger partial charge in [0.15, 0.2) is 6.61 Å². The molecule has 0 aliphatic rings. The molecule has 0 fully saturated rings. The maximum atomic E-state index is 11.6. The fourth-order valence-electron chi connectivity index (χ4n) is 1.60. The smallest absolute Gasteiger partial charge is 0.258 e. The molecule has 0 saturated heterocycles. The predicted molar refractivity (Wildman–Crippen MR) is 73.9 cm³/mol. The highest BCUT2D eigenvalue weighted by molar-refractivity contribution is 6.32. The van der Waals surface area contributed by atoms with E-state index in [2.05, 4.69) is 12.2 Å². The van der Waals surface area contributed by atoms with Gasteiger partial charge >= 0.3 is 0 Å². The molecule has 5 heteroatoms. The number of anilines is 1. The van der Waals surface area contributed by atoms with E-state index in [0.717, 1.165) is 12.8 Å². The molecule has 1 rings (SSSR count). The number of ether oxygens (including phenoxy) is 1. The Labute approximate surface area is 112 Å². The van der Waals surface area contributed by atoms with E-state index in [4.69, 9.17) is 22.1 Å². The van der Waals surface area contributed by atoms with Crippen molar-refractivity contribution in [2.24, 2.45) is 0 Å². The first kappa shape index (κ1) is 14.6. The Bertz CT molecular complexity index is 410. The first-order chi connectivity index (χ1) is 8.52. The average molecular weight is 271 g/mol. The number of benzene rings is 1. The summed E-state index contributed by atoms with van der Waals surface area (Å²) in [5.74, 6) is 0.268. The molecule has 0 aromatic heterocycles. The maximum Gasteiger partial charge on any atom is 0.258 e. The van der Waals surface area contributed by atoms with Crippen LogP contribution in [0.5, 0.6) is 5.75 Å². The molecule has 18 heavy (non-hydrogen) atoms. The standard InChI is InChI=1S/C13H19ClN2O2/c1-3-4-9(2)16-13(17)8-18-12-7-10(15)5-6-11(12)14/h5-7,9H,3-4,8,15H2,1-2H3,(H,16,17). The Morgan fingerprint density at radius 2 is 2.28 bits per heavy atom. The lowest BCUT2D eigenvalue weighted by molar-refractivity contribution is -0.123. The van der Waals surface area contributed by atoms with Crippen molar-refractivity contribution in [2.45, 2.75) is 32.7 Å². The monoisotopic (exact) mass is 270 g/mol. The number of carbonyl (C=O) groups excluding carboxylic acids is 1. The largest absolute Gasteiger partial charge is 0.482 e. The summed E-state index contributed by atoms with van der Waals surface area (Å²) in [6.07, 6.45) is 1.98. The van der Waals surface area contributed by atoms with E-state index >= 15 is 0 Å². The molecule has 0 bridgehead atoms. The van der Waals surface area contributed by atoms with Crippen LogP contribution in [0.3, 0.4) is 0 Å². The molecule has 0 radical (unpaired) electrons. The Balaban J connectivity index is 2.45. The van der Waals surface area contributed by atoms with Crippen LogP contribution in [0.15, 0.2) is 18.2 Å². The fraction of sp³-hybridized carbons (Fsp3) is 0.462. The lowest BCUT2D eigenvalue weighted by Crippen LogP contribution is -2.35. The van der Waals surface area contributed by atoms with E-state index in [1.807, 2.05) is 6.92 Å². The van der Waals surface area contributed by atoms with Gasteiger partial charge in [-0.05, 0) is 25.5 Å². The molecule has 0 heterocycles. The van der Waals surface area contributed by atoms with Gasteiger partial charge in [-0.3, -0.25) is 4.79 Å². The third kappa shape index (κ3) is 4.84. The van der Waals surface area contributed by atoms with E-state index in [9.17, 15) is 4.79 Å². The van der Waals surface area contributed by atoms with Gasteiger partial charge in [-0.1, -0.05) is 24.9 Å². The molecule has 1 unspecified atom stereocenters. The number of nitrogens with one attached hydrogen (secondary N) is 1. The quantitative estimate of drug-likeness (QED) is 0.781. The number of rotatable bonds is 6. The van der Waals surface area contributed by atoms with E-state index in [0.29, 0.717) is 16.5 Å². The Morgan fingerprint density at radius 3 is 2.94 bits per heavy atom. The third-order valence-corrected chi connectivity index (χ3v) is 2.76. The van der Waals surface area contributed by atoms with Gasteiger partial charge in [0.05, 0.1) is 5.02 Å². The van der Waals surface area contributed by atoms with Crippen molar-refractivity contribution in [3.63, 3.8) is 0 Å². The lowest BCUT2D eigenvalue weighted by atomic mass is 10.2. The minimum Gasteiger partial charge on any atom is -0.482 e. The van der Waals surface area contributed by atoms with Crippen molar-refractivity contribution in [3.8, 4) is 5.75 Å². The van der Waals surface area contributed by atoms with Crippen molar-refractivity contribution in [1.82, 2.24) is 5.32 Å². The minimum atomic E-state index is -0.158. The average Bonchev–Trinajstić information content (AvgIpc) is 2.30. The van der Waals surface area contributed by atoms with Crippen molar-refractivity contribution in [3.05, 3.63) is 23.2 Å². The fourth-order valence-corrected chi connectivity index (χ4v) is 1.77. The second-order valence-electron chi connectivity index (χ2n) is 4.24. The molecule has 100 valence electrons. The van der Waals surface area contributed by atoms with E-state index in [-0.39, 0.29) is 18.6 Å². The molecule has 0 aliphatic heterocycles. The SMILES string of the molecule is CCCC(C)NC(=O)COc1cc(N)ccc1Cl. The van der Waals surface area contributed by atoms with Gasteiger partial charge in [-0.25, -0.2) is 0 Å². The van der Waals surface area contributed by atoms with Gasteiger partial charge in [0.1, 0.15) is 5.75 Å². The highest BCUT2D eigenvalue weighted by Gasteiger charge is 2.09. The summed E-state index contributed by atoms with van der Waals surface area (Å²) in [5.41, 5.74) is 6.17. The number of nitrogen functional groups attached to an aromatic ring is 1. The van der Waals surface area contributed by atoms with Crippen molar-refractivity contribution < 1.29 is 9.53 Å². The normalized spacial score (nSPS) is 11.9.